The van der Waals surface area contributed by atoms with Crippen molar-refractivity contribution in [2.75, 3.05) is 20.6 Å². The second-order valence-electron chi connectivity index (χ2n) is 5.12. The summed E-state index contributed by atoms with van der Waals surface area (Å²) in [4.78, 5) is 14.1. The average molecular weight is 307 g/mol. The van der Waals surface area contributed by atoms with Crippen molar-refractivity contribution in [2.45, 2.75) is 13.0 Å². The van der Waals surface area contributed by atoms with Crippen LogP contribution in [0.2, 0.25) is 5.02 Å². The fourth-order valence-electron chi connectivity index (χ4n) is 1.73. The zero-order chi connectivity index (χ0) is 15.4. The number of amides is 1. The number of halogens is 1. The van der Waals surface area contributed by atoms with Crippen LogP contribution >= 0.6 is 11.6 Å². The Bertz CT molecular complexity index is 624. The van der Waals surface area contributed by atoms with Crippen molar-refractivity contribution >= 4 is 17.5 Å². The smallest absolute Gasteiger partial charge is 0.271 e. The van der Waals surface area contributed by atoms with Crippen LogP contribution in [0.1, 0.15) is 17.4 Å². The maximum atomic E-state index is 12.1. The Balaban J connectivity index is 2.06. The lowest BCUT2D eigenvalue weighted by molar-refractivity contribution is 0.0938. The third-order valence-corrected chi connectivity index (χ3v) is 3.68. The second-order valence-corrected chi connectivity index (χ2v) is 5.53. The number of carbonyl (C=O) groups is 1. The summed E-state index contributed by atoms with van der Waals surface area (Å²) < 4.78 is 1.60. The number of hydrogen-bond acceptors (Lipinski definition) is 3. The van der Waals surface area contributed by atoms with E-state index in [9.17, 15) is 4.79 Å². The van der Waals surface area contributed by atoms with Crippen LogP contribution in [0.25, 0.3) is 5.69 Å². The first-order chi connectivity index (χ1) is 9.99. The van der Waals surface area contributed by atoms with Crippen LogP contribution in [-0.2, 0) is 0 Å². The highest BCUT2D eigenvalue weighted by Gasteiger charge is 2.13. The summed E-state index contributed by atoms with van der Waals surface area (Å²) >= 11 is 6.12. The Morgan fingerprint density at radius 2 is 2.10 bits per heavy atom. The maximum absolute atomic E-state index is 12.1. The highest BCUT2D eigenvalue weighted by Crippen LogP contribution is 2.18. The lowest BCUT2D eigenvalue weighted by Crippen LogP contribution is -2.38. The Kier molecular flexibility index (Phi) is 4.98. The molecule has 0 saturated heterocycles. The zero-order valence-electron chi connectivity index (χ0n) is 12.4. The van der Waals surface area contributed by atoms with Crippen LogP contribution in [0.3, 0.4) is 0 Å². The number of nitrogens with one attached hydrogen (secondary N) is 1. The van der Waals surface area contributed by atoms with Crippen molar-refractivity contribution in [2.24, 2.45) is 0 Å². The number of carbonyl (C=O) groups excluding carboxylic acids is 1. The van der Waals surface area contributed by atoms with Gasteiger partial charge in [0.25, 0.3) is 5.91 Å². The van der Waals surface area contributed by atoms with Crippen LogP contribution < -0.4 is 5.32 Å². The number of nitrogens with zero attached hydrogens (tertiary/aromatic N) is 3. The molecule has 0 fully saturated rings. The number of likely N-dealkylation sites (N-methyl/N-ethyl adjacent to an activating group) is 1. The van der Waals surface area contributed by atoms with E-state index in [4.69, 9.17) is 11.6 Å². The van der Waals surface area contributed by atoms with Crippen LogP contribution in [-0.4, -0.2) is 47.3 Å². The minimum atomic E-state index is -0.186. The first-order valence-electron chi connectivity index (χ1n) is 6.74. The van der Waals surface area contributed by atoms with Gasteiger partial charge in [0.05, 0.1) is 10.7 Å². The van der Waals surface area contributed by atoms with Gasteiger partial charge in [0.2, 0.25) is 0 Å². The van der Waals surface area contributed by atoms with Gasteiger partial charge < -0.3 is 10.2 Å². The fourth-order valence-corrected chi connectivity index (χ4v) is 1.95. The van der Waals surface area contributed by atoms with Crippen molar-refractivity contribution in [1.82, 2.24) is 20.0 Å². The molecular formula is C15H19ClN4O. The van der Waals surface area contributed by atoms with Gasteiger partial charge >= 0.3 is 0 Å². The van der Waals surface area contributed by atoms with E-state index in [0.29, 0.717) is 17.3 Å². The van der Waals surface area contributed by atoms with Crippen molar-refractivity contribution in [3.8, 4) is 5.69 Å². The van der Waals surface area contributed by atoms with Gasteiger partial charge in [-0.15, -0.1) is 0 Å². The summed E-state index contributed by atoms with van der Waals surface area (Å²) in [5.41, 5.74) is 1.13. The molecule has 1 amide bonds. The summed E-state index contributed by atoms with van der Waals surface area (Å²) in [6.45, 7) is 2.62. The molecular weight excluding hydrogens is 288 g/mol. The van der Waals surface area contributed by atoms with Crippen molar-refractivity contribution in [1.29, 1.82) is 0 Å². The van der Waals surface area contributed by atoms with Crippen LogP contribution in [0, 0.1) is 0 Å². The molecule has 6 heteroatoms. The highest BCUT2D eigenvalue weighted by atomic mass is 35.5. The van der Waals surface area contributed by atoms with E-state index in [-0.39, 0.29) is 11.9 Å². The number of para-hydroxylation sites is 1. The second kappa shape index (κ2) is 6.74. The molecule has 2 aromatic rings. The minimum Gasteiger partial charge on any atom is -0.349 e. The van der Waals surface area contributed by atoms with Crippen molar-refractivity contribution < 1.29 is 4.79 Å². The topological polar surface area (TPSA) is 50.2 Å². The molecule has 0 unspecified atom stereocenters. The predicted molar refractivity (Wildman–Crippen MR) is 84.1 cm³/mol. The molecule has 0 radical (unpaired) electrons. The van der Waals surface area contributed by atoms with E-state index >= 15 is 0 Å². The lowest BCUT2D eigenvalue weighted by Gasteiger charge is -2.19. The molecule has 0 saturated carbocycles. The normalized spacial score (nSPS) is 12.4. The van der Waals surface area contributed by atoms with Crippen molar-refractivity contribution in [3.63, 3.8) is 0 Å². The van der Waals surface area contributed by atoms with Gasteiger partial charge in [-0.05, 0) is 39.2 Å². The van der Waals surface area contributed by atoms with Gasteiger partial charge in [0.1, 0.15) is 0 Å². The Hall–Kier alpha value is -1.85. The summed E-state index contributed by atoms with van der Waals surface area (Å²) in [6.07, 6.45) is 1.73. The quantitative estimate of drug-likeness (QED) is 0.921. The van der Waals surface area contributed by atoms with Gasteiger partial charge in [0, 0.05) is 18.8 Å². The fraction of sp³-hybridized carbons (Fsp3) is 0.333. The third-order valence-electron chi connectivity index (χ3n) is 3.36. The number of aromatic nitrogens is 2. The summed E-state index contributed by atoms with van der Waals surface area (Å²) in [5.74, 6) is -0.186. The zero-order valence-corrected chi connectivity index (χ0v) is 13.1. The van der Waals surface area contributed by atoms with E-state index in [2.05, 4.69) is 10.4 Å². The Morgan fingerprint density at radius 1 is 1.38 bits per heavy atom. The molecule has 0 aliphatic rings. The molecule has 1 N–H and O–H groups in total. The molecule has 2 rings (SSSR count). The first-order valence-corrected chi connectivity index (χ1v) is 7.12. The largest absolute Gasteiger partial charge is 0.349 e. The number of hydrogen-bond donors (Lipinski definition) is 1. The van der Waals surface area contributed by atoms with E-state index < -0.39 is 0 Å². The molecule has 0 bridgehead atoms. The van der Waals surface area contributed by atoms with Crippen LogP contribution in [0.4, 0.5) is 0 Å². The molecule has 1 aromatic carbocycles. The van der Waals surface area contributed by atoms with E-state index in [1.165, 1.54) is 0 Å². The maximum Gasteiger partial charge on any atom is 0.271 e. The Morgan fingerprint density at radius 3 is 2.76 bits per heavy atom. The van der Waals surface area contributed by atoms with E-state index in [0.717, 1.165) is 5.69 Å². The van der Waals surface area contributed by atoms with Crippen LogP contribution in [0.15, 0.2) is 36.5 Å². The van der Waals surface area contributed by atoms with Gasteiger partial charge in [0.15, 0.2) is 5.69 Å². The number of benzene rings is 1. The molecule has 1 aromatic heterocycles. The molecule has 0 aliphatic carbocycles. The highest BCUT2D eigenvalue weighted by molar-refractivity contribution is 6.32. The summed E-state index contributed by atoms with van der Waals surface area (Å²) in [7, 11) is 3.95. The molecule has 21 heavy (non-hydrogen) atoms. The van der Waals surface area contributed by atoms with E-state index in [1.807, 2.05) is 44.1 Å². The molecule has 0 spiro atoms. The first kappa shape index (κ1) is 15.5. The molecule has 112 valence electrons. The average Bonchev–Trinajstić information content (AvgIpc) is 2.94. The summed E-state index contributed by atoms with van der Waals surface area (Å²) in [6, 6.07) is 9.31. The third kappa shape index (κ3) is 3.83. The van der Waals surface area contributed by atoms with Crippen molar-refractivity contribution in [3.05, 3.63) is 47.2 Å². The van der Waals surface area contributed by atoms with Crippen LogP contribution in [0.5, 0.6) is 0 Å². The lowest BCUT2D eigenvalue weighted by atomic mass is 10.3. The van der Waals surface area contributed by atoms with Gasteiger partial charge in [-0.2, -0.15) is 5.10 Å². The predicted octanol–water partition coefficient (Wildman–Crippen LogP) is 2.21. The molecule has 0 aliphatic heterocycles. The standard InChI is InChI=1S/C15H19ClN4O/c1-11(19(2)3)10-17-15(21)13-8-9-20(18-13)14-7-5-4-6-12(14)16/h4-9,11H,10H2,1-3H3,(H,17,21)/t11-/m0/s1. The summed E-state index contributed by atoms with van der Waals surface area (Å²) in [5, 5.41) is 7.73. The molecule has 1 heterocycles. The Labute approximate surface area is 129 Å². The molecule has 5 nitrogen and oxygen atoms in total. The van der Waals surface area contributed by atoms with Gasteiger partial charge in [-0.3, -0.25) is 4.79 Å². The molecule has 1 atom stereocenters. The van der Waals surface area contributed by atoms with Gasteiger partial charge in [-0.25, -0.2) is 4.68 Å². The monoisotopic (exact) mass is 306 g/mol. The SMILES string of the molecule is C[C@@H](CNC(=O)c1ccn(-c2ccccc2Cl)n1)N(C)C. The number of rotatable bonds is 5. The van der Waals surface area contributed by atoms with E-state index in [1.54, 1.807) is 23.0 Å². The minimum absolute atomic E-state index is 0.186. The van der Waals surface area contributed by atoms with Gasteiger partial charge in [-0.1, -0.05) is 23.7 Å².